The number of primary amides is 1. The summed E-state index contributed by atoms with van der Waals surface area (Å²) in [5.74, 6) is -0.214. The predicted molar refractivity (Wildman–Crippen MR) is 89.1 cm³/mol. The number of aromatic nitrogens is 3. The van der Waals surface area contributed by atoms with Crippen LogP contribution >= 0.6 is 0 Å². The molecule has 8 nitrogen and oxygen atoms in total. The van der Waals surface area contributed by atoms with Crippen LogP contribution in [0.4, 0.5) is 0 Å². The molecule has 124 valence electrons. The third-order valence-corrected chi connectivity index (χ3v) is 3.98. The second kappa shape index (κ2) is 5.45. The molecule has 4 aromatic heterocycles. The van der Waals surface area contributed by atoms with Crippen LogP contribution < -0.4 is 16.8 Å². The summed E-state index contributed by atoms with van der Waals surface area (Å²) in [5.41, 5.74) is 5.62. The van der Waals surface area contributed by atoms with Gasteiger partial charge >= 0.3 is 0 Å². The number of nitrogens with two attached hydrogens (primary N) is 1. The lowest BCUT2D eigenvalue weighted by Crippen LogP contribution is -2.32. The van der Waals surface area contributed by atoms with Crippen LogP contribution in [0.1, 0.15) is 16.1 Å². The fraction of sp³-hybridized carbons (Fsp3) is 0.0588. The second-order valence-electron chi connectivity index (χ2n) is 5.52. The van der Waals surface area contributed by atoms with Gasteiger partial charge in [-0.15, -0.1) is 0 Å². The van der Waals surface area contributed by atoms with E-state index in [0.717, 1.165) is 0 Å². The van der Waals surface area contributed by atoms with Crippen molar-refractivity contribution in [3.8, 4) is 0 Å². The number of carbonyl (C=O) groups is 1. The molecule has 4 aromatic rings. The Kier molecular flexibility index (Phi) is 3.24. The third-order valence-electron chi connectivity index (χ3n) is 3.98. The van der Waals surface area contributed by atoms with Crippen LogP contribution in [0.5, 0.6) is 0 Å². The number of rotatable bonds is 3. The zero-order chi connectivity index (χ0) is 17.6. The van der Waals surface area contributed by atoms with Gasteiger partial charge in [-0.3, -0.25) is 19.4 Å². The molecule has 8 heteroatoms. The van der Waals surface area contributed by atoms with Crippen LogP contribution in [-0.4, -0.2) is 19.9 Å². The van der Waals surface area contributed by atoms with E-state index in [1.54, 1.807) is 36.5 Å². The number of hydrogen-bond acceptors (Lipinski definition) is 5. The Labute approximate surface area is 140 Å². The molecule has 0 fully saturated rings. The van der Waals surface area contributed by atoms with Crippen LogP contribution in [0.15, 0.2) is 58.1 Å². The van der Waals surface area contributed by atoms with Crippen LogP contribution in [-0.2, 0) is 6.54 Å². The van der Waals surface area contributed by atoms with Crippen LogP contribution in [0.3, 0.4) is 0 Å². The Hall–Kier alpha value is -3.68. The van der Waals surface area contributed by atoms with E-state index in [1.807, 2.05) is 0 Å². The Morgan fingerprint density at radius 2 is 2.12 bits per heavy atom. The van der Waals surface area contributed by atoms with E-state index in [0.29, 0.717) is 17.1 Å². The van der Waals surface area contributed by atoms with Gasteiger partial charge in [0.2, 0.25) is 0 Å². The Morgan fingerprint density at radius 1 is 1.28 bits per heavy atom. The molecular formula is C17H13N5O3. The lowest BCUT2D eigenvalue weighted by atomic mass is 10.2. The van der Waals surface area contributed by atoms with Gasteiger partial charge in [0, 0.05) is 6.20 Å². The van der Waals surface area contributed by atoms with Crippen molar-refractivity contribution in [2.75, 3.05) is 0 Å². The van der Waals surface area contributed by atoms with E-state index < -0.39 is 5.91 Å². The van der Waals surface area contributed by atoms with Gasteiger partial charge in [0.15, 0.2) is 0 Å². The highest BCUT2D eigenvalue weighted by atomic mass is 16.3. The second-order valence-corrected chi connectivity index (χ2v) is 5.52. The summed E-state index contributed by atoms with van der Waals surface area (Å²) in [6, 6.07) is 9.97. The maximum Gasteiger partial charge on any atom is 0.267 e. The highest BCUT2D eigenvalue weighted by Gasteiger charge is 2.16. The quantitative estimate of drug-likeness (QED) is 0.540. The van der Waals surface area contributed by atoms with E-state index in [1.165, 1.54) is 21.3 Å². The molecule has 0 aliphatic rings. The summed E-state index contributed by atoms with van der Waals surface area (Å²) in [6.45, 7) is 0.152. The number of pyridine rings is 2. The zero-order valence-corrected chi connectivity index (χ0v) is 13.0. The minimum atomic E-state index is -0.780. The number of amides is 1. The molecule has 0 unspecified atom stereocenters. The van der Waals surface area contributed by atoms with Crippen molar-refractivity contribution >= 4 is 22.6 Å². The maximum absolute atomic E-state index is 12.8. The minimum absolute atomic E-state index is 0.0474. The highest BCUT2D eigenvalue weighted by Crippen LogP contribution is 2.12. The fourth-order valence-corrected chi connectivity index (χ4v) is 2.79. The molecule has 0 radical (unpaired) electrons. The summed E-state index contributed by atoms with van der Waals surface area (Å²) >= 11 is 0. The third kappa shape index (κ3) is 2.31. The van der Waals surface area contributed by atoms with Gasteiger partial charge in [0.05, 0.1) is 23.8 Å². The van der Waals surface area contributed by atoms with Crippen molar-refractivity contribution in [2.24, 2.45) is 5.73 Å². The van der Waals surface area contributed by atoms with E-state index in [-0.39, 0.29) is 28.5 Å². The number of hydrogen-bond donors (Lipinski definition) is 2. The van der Waals surface area contributed by atoms with Crippen LogP contribution in [0, 0.1) is 5.41 Å². The largest absolute Gasteiger partial charge is 0.467 e. The summed E-state index contributed by atoms with van der Waals surface area (Å²) < 4.78 is 8.16. The van der Waals surface area contributed by atoms with Crippen molar-refractivity contribution < 1.29 is 9.21 Å². The monoisotopic (exact) mass is 335 g/mol. The van der Waals surface area contributed by atoms with Crippen molar-refractivity contribution in [3.63, 3.8) is 0 Å². The average molecular weight is 335 g/mol. The first-order valence-electron chi connectivity index (χ1n) is 7.48. The van der Waals surface area contributed by atoms with Gasteiger partial charge in [-0.05, 0) is 30.3 Å². The maximum atomic E-state index is 12.8. The fourth-order valence-electron chi connectivity index (χ4n) is 2.79. The van der Waals surface area contributed by atoms with E-state index in [9.17, 15) is 9.59 Å². The summed E-state index contributed by atoms with van der Waals surface area (Å²) in [5, 5.41) is 8.52. The number of furan rings is 1. The smallest absolute Gasteiger partial charge is 0.267 e. The van der Waals surface area contributed by atoms with Crippen molar-refractivity contribution in [1.29, 1.82) is 5.41 Å². The molecule has 3 N–H and O–H groups in total. The molecular weight excluding hydrogens is 322 g/mol. The van der Waals surface area contributed by atoms with E-state index >= 15 is 0 Å². The van der Waals surface area contributed by atoms with Gasteiger partial charge < -0.3 is 14.7 Å². The molecule has 4 heterocycles. The van der Waals surface area contributed by atoms with Crippen molar-refractivity contribution in [3.05, 3.63) is 76.0 Å². The molecule has 4 rings (SSSR count). The van der Waals surface area contributed by atoms with E-state index in [4.69, 9.17) is 15.6 Å². The van der Waals surface area contributed by atoms with Gasteiger partial charge in [-0.2, -0.15) is 0 Å². The molecule has 0 bridgehead atoms. The topological polar surface area (TPSA) is 119 Å². The highest BCUT2D eigenvalue weighted by molar-refractivity contribution is 5.95. The molecule has 0 saturated carbocycles. The van der Waals surface area contributed by atoms with Crippen LogP contribution in [0.25, 0.3) is 16.7 Å². The standard InChI is InChI=1S/C17H13N5O3/c18-14-11(15(19)23)8-12-16(22(14)9-10-4-3-7-25-10)20-13-5-1-2-6-21(13)17(12)24/h1-8,18H,9H2,(H2,19,23). The van der Waals surface area contributed by atoms with Crippen molar-refractivity contribution in [2.45, 2.75) is 6.54 Å². The molecule has 0 spiro atoms. The normalized spacial score (nSPS) is 11.2. The van der Waals surface area contributed by atoms with Gasteiger partial charge in [-0.1, -0.05) is 6.07 Å². The lowest BCUT2D eigenvalue weighted by Gasteiger charge is -2.12. The zero-order valence-electron chi connectivity index (χ0n) is 13.0. The Morgan fingerprint density at radius 3 is 2.84 bits per heavy atom. The summed E-state index contributed by atoms with van der Waals surface area (Å²) in [4.78, 5) is 29.0. The molecule has 25 heavy (non-hydrogen) atoms. The Balaban J connectivity index is 2.16. The Bertz CT molecular complexity index is 1240. The molecule has 0 saturated heterocycles. The van der Waals surface area contributed by atoms with Gasteiger partial charge in [-0.25, -0.2) is 4.98 Å². The van der Waals surface area contributed by atoms with Crippen LogP contribution in [0.2, 0.25) is 0 Å². The first-order valence-corrected chi connectivity index (χ1v) is 7.48. The molecule has 0 aromatic carbocycles. The summed E-state index contributed by atoms with van der Waals surface area (Å²) in [7, 11) is 0. The SMILES string of the molecule is N=c1c(C(N)=O)cc2c(=O)n3ccccc3nc2n1Cc1ccco1. The molecule has 0 aliphatic carbocycles. The average Bonchev–Trinajstić information content (AvgIpc) is 3.11. The molecule has 0 atom stereocenters. The van der Waals surface area contributed by atoms with Gasteiger partial charge in [0.1, 0.15) is 22.5 Å². The summed E-state index contributed by atoms with van der Waals surface area (Å²) in [6.07, 6.45) is 3.11. The first-order chi connectivity index (χ1) is 12.1. The number of carbonyl (C=O) groups excluding carboxylic acids is 1. The van der Waals surface area contributed by atoms with Crippen molar-refractivity contribution in [1.82, 2.24) is 14.0 Å². The predicted octanol–water partition coefficient (Wildman–Crippen LogP) is 0.869. The first kappa shape index (κ1) is 14.9. The van der Waals surface area contributed by atoms with Gasteiger partial charge in [0.25, 0.3) is 11.5 Å². The molecule has 0 aliphatic heterocycles. The van der Waals surface area contributed by atoms with E-state index in [2.05, 4.69) is 4.98 Å². The number of nitrogens with zero attached hydrogens (tertiary/aromatic N) is 3. The number of fused-ring (bicyclic) bond motifs is 2. The lowest BCUT2D eigenvalue weighted by molar-refractivity contribution is 0.0998. The number of nitrogens with one attached hydrogen (secondary N) is 1. The molecule has 1 amide bonds. The minimum Gasteiger partial charge on any atom is -0.467 e.